The van der Waals surface area contributed by atoms with Crippen LogP contribution < -0.4 is 5.73 Å². The van der Waals surface area contributed by atoms with Crippen molar-refractivity contribution in [1.82, 2.24) is 0 Å². The number of rotatable bonds is 3. The molecule has 2 aliphatic carbocycles. The first-order chi connectivity index (χ1) is 6.20. The number of nitrogens with two attached hydrogens (primary N) is 1. The Bertz CT molecular complexity index is 166. The zero-order valence-corrected chi connectivity index (χ0v) is 8.89. The minimum absolute atomic E-state index is 0.222. The normalized spacial score (nSPS) is 30.0. The molecule has 2 saturated carbocycles. The maximum atomic E-state index is 6.43. The van der Waals surface area contributed by atoms with E-state index in [2.05, 4.69) is 6.92 Å². The summed E-state index contributed by atoms with van der Waals surface area (Å²) >= 11 is 0. The van der Waals surface area contributed by atoms with Gasteiger partial charge in [-0.15, -0.1) is 0 Å². The average molecular weight is 181 g/mol. The smallest absolute Gasteiger partial charge is 0.0157 e. The Labute approximate surface area is 82.1 Å². The predicted molar refractivity (Wildman–Crippen MR) is 56.5 cm³/mol. The molecule has 0 aromatic rings. The molecule has 13 heavy (non-hydrogen) atoms. The van der Waals surface area contributed by atoms with E-state index in [0.717, 1.165) is 11.8 Å². The average Bonchev–Trinajstić information content (AvgIpc) is 2.86. The molecule has 1 nitrogen and oxygen atoms in total. The highest BCUT2D eigenvalue weighted by Crippen LogP contribution is 2.42. The van der Waals surface area contributed by atoms with Gasteiger partial charge in [-0.25, -0.2) is 0 Å². The van der Waals surface area contributed by atoms with E-state index in [-0.39, 0.29) is 5.54 Å². The van der Waals surface area contributed by atoms with Crippen LogP contribution in [0.3, 0.4) is 0 Å². The van der Waals surface area contributed by atoms with Crippen LogP contribution in [0.15, 0.2) is 0 Å². The van der Waals surface area contributed by atoms with Crippen molar-refractivity contribution in [2.45, 2.75) is 63.8 Å². The van der Waals surface area contributed by atoms with Gasteiger partial charge in [0.05, 0.1) is 0 Å². The molecule has 0 heterocycles. The van der Waals surface area contributed by atoms with Crippen molar-refractivity contribution in [2.24, 2.45) is 17.6 Å². The maximum absolute atomic E-state index is 6.43. The van der Waals surface area contributed by atoms with E-state index in [1.165, 1.54) is 51.4 Å². The molecule has 1 heteroatoms. The Morgan fingerprint density at radius 3 is 2.38 bits per heavy atom. The third kappa shape index (κ3) is 2.46. The highest BCUT2D eigenvalue weighted by atomic mass is 14.7. The largest absolute Gasteiger partial charge is 0.325 e. The summed E-state index contributed by atoms with van der Waals surface area (Å²) in [5.74, 6) is 1.92. The first-order valence-electron chi connectivity index (χ1n) is 5.98. The van der Waals surface area contributed by atoms with Crippen LogP contribution in [0, 0.1) is 11.8 Å². The van der Waals surface area contributed by atoms with Gasteiger partial charge >= 0.3 is 0 Å². The van der Waals surface area contributed by atoms with Gasteiger partial charge in [-0.1, -0.05) is 26.2 Å². The molecule has 76 valence electrons. The molecule has 1 atom stereocenters. The second-order valence-corrected chi connectivity index (χ2v) is 5.44. The molecule has 0 aliphatic heterocycles. The van der Waals surface area contributed by atoms with E-state index < -0.39 is 0 Å². The first-order valence-corrected chi connectivity index (χ1v) is 5.98. The molecule has 2 rings (SSSR count). The standard InChI is InChI=1S/C12H23N/c1-10(11-5-6-11)9-12(13)7-3-2-4-8-12/h10-11H,2-9,13H2,1H3. The molecular formula is C12H23N. The van der Waals surface area contributed by atoms with E-state index >= 15 is 0 Å². The molecule has 0 amide bonds. The molecule has 2 fully saturated rings. The molecule has 0 bridgehead atoms. The Hall–Kier alpha value is -0.0400. The maximum Gasteiger partial charge on any atom is 0.0157 e. The van der Waals surface area contributed by atoms with Gasteiger partial charge in [-0.05, 0) is 43.9 Å². The molecule has 0 aromatic carbocycles. The Morgan fingerprint density at radius 2 is 1.85 bits per heavy atom. The third-order valence-corrected chi connectivity index (χ3v) is 4.00. The molecule has 0 aromatic heterocycles. The van der Waals surface area contributed by atoms with Crippen LogP contribution in [0.25, 0.3) is 0 Å². The van der Waals surface area contributed by atoms with Crippen LogP contribution >= 0.6 is 0 Å². The summed E-state index contributed by atoms with van der Waals surface area (Å²) in [6.07, 6.45) is 10.9. The molecule has 0 spiro atoms. The van der Waals surface area contributed by atoms with Crippen molar-refractivity contribution in [3.8, 4) is 0 Å². The van der Waals surface area contributed by atoms with Crippen molar-refractivity contribution in [2.75, 3.05) is 0 Å². The quantitative estimate of drug-likeness (QED) is 0.711. The van der Waals surface area contributed by atoms with Crippen LogP contribution in [0.4, 0.5) is 0 Å². The van der Waals surface area contributed by atoms with Gasteiger partial charge < -0.3 is 5.73 Å². The lowest BCUT2D eigenvalue weighted by molar-refractivity contribution is 0.233. The molecular weight excluding hydrogens is 158 g/mol. The highest BCUT2D eigenvalue weighted by Gasteiger charge is 2.35. The van der Waals surface area contributed by atoms with E-state index in [1.807, 2.05) is 0 Å². The van der Waals surface area contributed by atoms with Crippen molar-refractivity contribution in [1.29, 1.82) is 0 Å². The van der Waals surface area contributed by atoms with Crippen LogP contribution in [0.5, 0.6) is 0 Å². The van der Waals surface area contributed by atoms with Crippen LogP contribution in [0.1, 0.15) is 58.3 Å². The number of hydrogen-bond acceptors (Lipinski definition) is 1. The van der Waals surface area contributed by atoms with Gasteiger partial charge in [-0.3, -0.25) is 0 Å². The summed E-state index contributed by atoms with van der Waals surface area (Å²) in [4.78, 5) is 0. The van der Waals surface area contributed by atoms with Gasteiger partial charge in [0.2, 0.25) is 0 Å². The summed E-state index contributed by atoms with van der Waals surface area (Å²) in [5, 5.41) is 0. The number of hydrogen-bond donors (Lipinski definition) is 1. The lowest BCUT2D eigenvalue weighted by atomic mass is 9.76. The molecule has 0 saturated heterocycles. The zero-order valence-electron chi connectivity index (χ0n) is 8.89. The Balaban J connectivity index is 1.82. The van der Waals surface area contributed by atoms with Crippen LogP contribution in [-0.4, -0.2) is 5.54 Å². The minimum atomic E-state index is 0.222. The van der Waals surface area contributed by atoms with Crippen LogP contribution in [-0.2, 0) is 0 Å². The predicted octanol–water partition coefficient (Wildman–Crippen LogP) is 3.08. The molecule has 2 aliphatic rings. The second-order valence-electron chi connectivity index (χ2n) is 5.44. The molecule has 1 unspecified atom stereocenters. The van der Waals surface area contributed by atoms with Gasteiger partial charge in [0.1, 0.15) is 0 Å². The Morgan fingerprint density at radius 1 is 1.23 bits per heavy atom. The van der Waals surface area contributed by atoms with E-state index in [0.29, 0.717) is 0 Å². The summed E-state index contributed by atoms with van der Waals surface area (Å²) < 4.78 is 0. The van der Waals surface area contributed by atoms with E-state index in [4.69, 9.17) is 5.73 Å². The second kappa shape index (κ2) is 3.61. The first kappa shape index (κ1) is 9.51. The van der Waals surface area contributed by atoms with Crippen molar-refractivity contribution in [3.63, 3.8) is 0 Å². The monoisotopic (exact) mass is 181 g/mol. The van der Waals surface area contributed by atoms with E-state index in [9.17, 15) is 0 Å². The summed E-state index contributed by atoms with van der Waals surface area (Å²) in [7, 11) is 0. The van der Waals surface area contributed by atoms with Crippen molar-refractivity contribution >= 4 is 0 Å². The minimum Gasteiger partial charge on any atom is -0.325 e. The van der Waals surface area contributed by atoms with E-state index in [1.54, 1.807) is 0 Å². The van der Waals surface area contributed by atoms with Gasteiger partial charge in [-0.2, -0.15) is 0 Å². The van der Waals surface area contributed by atoms with Crippen molar-refractivity contribution in [3.05, 3.63) is 0 Å². The highest BCUT2D eigenvalue weighted by molar-refractivity contribution is 4.92. The van der Waals surface area contributed by atoms with Gasteiger partial charge in [0, 0.05) is 5.54 Å². The summed E-state index contributed by atoms with van der Waals surface area (Å²) in [5.41, 5.74) is 6.65. The lowest BCUT2D eigenvalue weighted by Gasteiger charge is -2.35. The SMILES string of the molecule is CC(CC1(N)CCCCC1)C1CC1. The molecule has 2 N–H and O–H groups in total. The fourth-order valence-electron chi connectivity index (χ4n) is 2.93. The third-order valence-electron chi connectivity index (χ3n) is 4.00. The molecule has 0 radical (unpaired) electrons. The zero-order chi connectivity index (χ0) is 9.31. The summed E-state index contributed by atoms with van der Waals surface area (Å²) in [6, 6.07) is 0. The lowest BCUT2D eigenvalue weighted by Crippen LogP contribution is -2.43. The van der Waals surface area contributed by atoms with Gasteiger partial charge in [0.25, 0.3) is 0 Å². The summed E-state index contributed by atoms with van der Waals surface area (Å²) in [6.45, 7) is 2.40. The fourth-order valence-corrected chi connectivity index (χ4v) is 2.93. The van der Waals surface area contributed by atoms with Crippen LogP contribution in [0.2, 0.25) is 0 Å². The van der Waals surface area contributed by atoms with Gasteiger partial charge in [0.15, 0.2) is 0 Å². The van der Waals surface area contributed by atoms with Crippen molar-refractivity contribution < 1.29 is 0 Å². The fraction of sp³-hybridized carbons (Fsp3) is 1.00. The Kier molecular flexibility index (Phi) is 2.64. The topological polar surface area (TPSA) is 26.0 Å².